The second-order valence-electron chi connectivity index (χ2n) is 7.67. The van der Waals surface area contributed by atoms with E-state index in [1.54, 1.807) is 18.3 Å². The summed E-state index contributed by atoms with van der Waals surface area (Å²) in [7, 11) is 0. The first-order valence-electron chi connectivity index (χ1n) is 9.21. The predicted molar refractivity (Wildman–Crippen MR) is 108 cm³/mol. The van der Waals surface area contributed by atoms with Crippen LogP contribution < -0.4 is 10.1 Å². The van der Waals surface area contributed by atoms with Crippen LogP contribution >= 0.6 is 11.3 Å². The highest BCUT2D eigenvalue weighted by atomic mass is 32.1. The fraction of sp³-hybridized carbons (Fsp3) is 0.524. The Kier molecular flexibility index (Phi) is 7.21. The molecular weight excluding hydrogens is 344 g/mol. The lowest BCUT2D eigenvalue weighted by atomic mass is 9.87. The van der Waals surface area contributed by atoms with E-state index in [4.69, 9.17) is 4.74 Å². The first-order chi connectivity index (χ1) is 12.3. The summed E-state index contributed by atoms with van der Waals surface area (Å²) in [5.41, 5.74) is 2.33. The molecule has 2 rings (SSSR count). The van der Waals surface area contributed by atoms with Crippen LogP contribution in [0.1, 0.15) is 56.8 Å². The summed E-state index contributed by atoms with van der Waals surface area (Å²) in [5, 5.41) is 6.20. The van der Waals surface area contributed by atoms with Crippen LogP contribution in [0.2, 0.25) is 0 Å². The van der Waals surface area contributed by atoms with Crippen molar-refractivity contribution in [2.24, 2.45) is 0 Å². The van der Waals surface area contributed by atoms with Crippen molar-refractivity contribution in [1.82, 2.24) is 10.3 Å². The quantitative estimate of drug-likeness (QED) is 0.684. The van der Waals surface area contributed by atoms with E-state index in [1.165, 1.54) is 10.6 Å². The van der Waals surface area contributed by atoms with Crippen LogP contribution in [0.5, 0.6) is 5.75 Å². The van der Waals surface area contributed by atoms with Gasteiger partial charge in [0.15, 0.2) is 6.10 Å². The van der Waals surface area contributed by atoms with Gasteiger partial charge in [-0.15, -0.1) is 11.3 Å². The molecule has 1 N–H and O–H groups in total. The Labute approximate surface area is 161 Å². The third-order valence-electron chi connectivity index (χ3n) is 4.17. The lowest BCUT2D eigenvalue weighted by Gasteiger charge is -2.21. The Morgan fingerprint density at radius 2 is 2.08 bits per heavy atom. The molecule has 1 atom stereocenters. The van der Waals surface area contributed by atoms with Gasteiger partial charge in [0.25, 0.3) is 5.91 Å². The van der Waals surface area contributed by atoms with Crippen LogP contribution in [-0.2, 0) is 16.6 Å². The summed E-state index contributed by atoms with van der Waals surface area (Å²) in [5.74, 6) is 0.662. The highest BCUT2D eigenvalue weighted by Crippen LogP contribution is 2.26. The number of aryl methyl sites for hydroxylation is 2. The summed E-state index contributed by atoms with van der Waals surface area (Å²) in [6.07, 6.45) is 2.43. The van der Waals surface area contributed by atoms with E-state index in [0.29, 0.717) is 6.54 Å². The highest BCUT2D eigenvalue weighted by Gasteiger charge is 2.17. The van der Waals surface area contributed by atoms with Gasteiger partial charge in [0, 0.05) is 17.6 Å². The molecule has 0 aliphatic rings. The average Bonchev–Trinajstić information content (AvgIpc) is 2.99. The van der Waals surface area contributed by atoms with Gasteiger partial charge in [-0.1, -0.05) is 32.9 Å². The number of amides is 1. The van der Waals surface area contributed by atoms with Crippen molar-refractivity contribution in [3.63, 3.8) is 0 Å². The lowest BCUT2D eigenvalue weighted by Crippen LogP contribution is -2.36. The van der Waals surface area contributed by atoms with Crippen molar-refractivity contribution >= 4 is 17.2 Å². The molecule has 0 saturated carbocycles. The molecule has 2 aromatic rings. The highest BCUT2D eigenvalue weighted by molar-refractivity contribution is 7.09. The van der Waals surface area contributed by atoms with E-state index in [0.717, 1.165) is 30.7 Å². The normalized spacial score (nSPS) is 12.7. The van der Waals surface area contributed by atoms with Gasteiger partial charge in [0.05, 0.1) is 5.01 Å². The SMILES string of the molecule is Cc1csc(CCCCNC(=O)C(C)Oc2cccc(C(C)(C)C)c2)n1. The standard InChI is InChI=1S/C21H30N2O2S/c1-15-14-26-19(23-15)11-6-7-12-22-20(24)16(2)25-18-10-8-9-17(13-18)21(3,4)5/h8-10,13-14,16H,6-7,11-12H2,1-5H3,(H,22,24). The first kappa shape index (κ1) is 20.4. The maximum atomic E-state index is 12.2. The number of ether oxygens (including phenoxy) is 1. The molecular formula is C21H30N2O2S. The number of nitrogens with zero attached hydrogens (tertiary/aromatic N) is 1. The minimum atomic E-state index is -0.508. The van der Waals surface area contributed by atoms with Crippen LogP contribution in [0.3, 0.4) is 0 Å². The second-order valence-corrected chi connectivity index (χ2v) is 8.61. The lowest BCUT2D eigenvalue weighted by molar-refractivity contribution is -0.127. The Balaban J connectivity index is 1.72. The summed E-state index contributed by atoms with van der Waals surface area (Å²) in [6.45, 7) is 11.0. The van der Waals surface area contributed by atoms with Crippen LogP contribution in [0, 0.1) is 6.92 Å². The molecule has 0 aliphatic carbocycles. The van der Waals surface area contributed by atoms with Crippen molar-refractivity contribution in [3.8, 4) is 5.75 Å². The zero-order valence-corrected chi connectivity index (χ0v) is 17.3. The molecule has 1 aromatic heterocycles. The molecule has 142 valence electrons. The number of rotatable bonds is 8. The van der Waals surface area contributed by atoms with Crippen molar-refractivity contribution < 1.29 is 9.53 Å². The number of carbonyl (C=O) groups excluding carboxylic acids is 1. The smallest absolute Gasteiger partial charge is 0.260 e. The van der Waals surface area contributed by atoms with Gasteiger partial charge in [0.1, 0.15) is 5.75 Å². The van der Waals surface area contributed by atoms with Crippen LogP contribution in [0.4, 0.5) is 0 Å². The summed E-state index contributed by atoms with van der Waals surface area (Å²) in [4.78, 5) is 16.7. The molecule has 5 heteroatoms. The number of thiazole rings is 1. The van der Waals surface area contributed by atoms with Crippen LogP contribution in [0.15, 0.2) is 29.6 Å². The monoisotopic (exact) mass is 374 g/mol. The largest absolute Gasteiger partial charge is 0.481 e. The van der Waals surface area contributed by atoms with Crippen molar-refractivity contribution in [2.45, 2.75) is 65.4 Å². The molecule has 0 saturated heterocycles. The van der Waals surface area contributed by atoms with Gasteiger partial charge in [-0.25, -0.2) is 4.98 Å². The number of benzene rings is 1. The molecule has 0 aliphatic heterocycles. The molecule has 4 nitrogen and oxygen atoms in total. The molecule has 0 spiro atoms. The van der Waals surface area contributed by atoms with E-state index in [1.807, 2.05) is 25.1 Å². The third kappa shape index (κ3) is 6.45. The zero-order valence-electron chi connectivity index (χ0n) is 16.5. The average molecular weight is 375 g/mol. The van der Waals surface area contributed by atoms with Crippen molar-refractivity contribution in [3.05, 3.63) is 45.9 Å². The van der Waals surface area contributed by atoms with Gasteiger partial charge >= 0.3 is 0 Å². The Bertz CT molecular complexity index is 719. The zero-order chi connectivity index (χ0) is 19.2. The summed E-state index contributed by atoms with van der Waals surface area (Å²) >= 11 is 1.70. The van der Waals surface area contributed by atoms with Crippen LogP contribution in [0.25, 0.3) is 0 Å². The molecule has 1 amide bonds. The fourth-order valence-corrected chi connectivity index (χ4v) is 3.39. The van der Waals surface area contributed by atoms with Crippen molar-refractivity contribution in [2.75, 3.05) is 6.54 Å². The maximum Gasteiger partial charge on any atom is 0.260 e. The van der Waals surface area contributed by atoms with E-state index >= 15 is 0 Å². The number of unbranched alkanes of at least 4 members (excludes halogenated alkanes) is 1. The molecule has 1 unspecified atom stereocenters. The second kappa shape index (κ2) is 9.17. The van der Waals surface area contributed by atoms with Gasteiger partial charge < -0.3 is 10.1 Å². The first-order valence-corrected chi connectivity index (χ1v) is 10.1. The summed E-state index contributed by atoms with van der Waals surface area (Å²) < 4.78 is 5.82. The molecule has 0 fully saturated rings. The minimum absolute atomic E-state index is 0.0564. The van der Waals surface area contributed by atoms with Crippen LogP contribution in [-0.4, -0.2) is 23.5 Å². The van der Waals surface area contributed by atoms with E-state index in [9.17, 15) is 4.79 Å². The van der Waals surface area contributed by atoms with E-state index in [2.05, 4.69) is 42.5 Å². The van der Waals surface area contributed by atoms with Gasteiger partial charge in [-0.05, 0) is 56.2 Å². The molecule has 0 bridgehead atoms. The van der Waals surface area contributed by atoms with E-state index in [-0.39, 0.29) is 11.3 Å². The summed E-state index contributed by atoms with van der Waals surface area (Å²) in [6, 6.07) is 7.97. The number of nitrogens with one attached hydrogen (secondary N) is 1. The molecule has 1 heterocycles. The topological polar surface area (TPSA) is 51.2 Å². The van der Waals surface area contributed by atoms with Gasteiger partial charge in [-0.3, -0.25) is 4.79 Å². The Morgan fingerprint density at radius 1 is 1.31 bits per heavy atom. The number of carbonyl (C=O) groups is 1. The van der Waals surface area contributed by atoms with Gasteiger partial charge in [-0.2, -0.15) is 0 Å². The third-order valence-corrected chi connectivity index (χ3v) is 5.19. The fourth-order valence-electron chi connectivity index (χ4n) is 2.57. The molecule has 26 heavy (non-hydrogen) atoms. The maximum absolute atomic E-state index is 12.2. The Morgan fingerprint density at radius 3 is 2.73 bits per heavy atom. The van der Waals surface area contributed by atoms with Crippen molar-refractivity contribution in [1.29, 1.82) is 0 Å². The Hall–Kier alpha value is -1.88. The van der Waals surface area contributed by atoms with E-state index < -0.39 is 6.10 Å². The number of aromatic nitrogens is 1. The number of hydrogen-bond donors (Lipinski definition) is 1. The predicted octanol–water partition coefficient (Wildman–Crippen LogP) is 4.66. The minimum Gasteiger partial charge on any atom is -0.481 e. The molecule has 0 radical (unpaired) electrons. The number of hydrogen-bond acceptors (Lipinski definition) is 4. The molecule has 1 aromatic carbocycles. The van der Waals surface area contributed by atoms with Gasteiger partial charge in [0.2, 0.25) is 0 Å².